The molecule has 1 radical (unpaired) electrons. The highest BCUT2D eigenvalue weighted by Gasteiger charge is 2.59. The fourth-order valence-electron chi connectivity index (χ4n) is 1.44. The summed E-state index contributed by atoms with van der Waals surface area (Å²) in [6.07, 6.45) is 0. The molecule has 0 spiro atoms. The Labute approximate surface area is 103 Å². The minimum absolute atomic E-state index is 0.161. The van der Waals surface area contributed by atoms with Crippen LogP contribution >= 0.6 is 0 Å². The van der Waals surface area contributed by atoms with E-state index in [1.807, 2.05) is 0 Å². The fourth-order valence-corrected chi connectivity index (χ4v) is 1.44. The van der Waals surface area contributed by atoms with E-state index in [0.717, 1.165) is 0 Å². The summed E-state index contributed by atoms with van der Waals surface area (Å²) >= 11 is 0. The lowest BCUT2D eigenvalue weighted by Crippen LogP contribution is -2.61. The molecule has 17 heavy (non-hydrogen) atoms. The van der Waals surface area contributed by atoms with E-state index in [9.17, 15) is 5.11 Å². The van der Waals surface area contributed by atoms with Crippen LogP contribution in [0.4, 0.5) is 0 Å². The van der Waals surface area contributed by atoms with Gasteiger partial charge in [0, 0.05) is 20.3 Å². The molecule has 0 unspecified atom stereocenters. The van der Waals surface area contributed by atoms with Crippen LogP contribution in [0.15, 0.2) is 0 Å². The van der Waals surface area contributed by atoms with Crippen LogP contribution in [-0.4, -0.2) is 45.5 Å². The summed E-state index contributed by atoms with van der Waals surface area (Å²) in [5.74, 6) is -4.25. The lowest BCUT2D eigenvalue weighted by Gasteiger charge is -2.40. The first-order chi connectivity index (χ1) is 8.05. The predicted octanol–water partition coefficient (Wildman–Crippen LogP) is 1.52. The highest BCUT2D eigenvalue weighted by Crippen LogP contribution is 2.32. The highest BCUT2D eigenvalue weighted by atomic mass is 17.0. The zero-order chi connectivity index (χ0) is 13.4. The molecule has 0 saturated heterocycles. The summed E-state index contributed by atoms with van der Waals surface area (Å²) in [5.41, 5.74) is 0. The Balaban J connectivity index is 5.15. The van der Waals surface area contributed by atoms with Crippen LogP contribution in [0, 0.1) is 0 Å². The number of rotatable bonds is 10. The molecular weight excluding hydrogens is 228 g/mol. The van der Waals surface area contributed by atoms with E-state index in [1.54, 1.807) is 27.7 Å². The van der Waals surface area contributed by atoms with Crippen molar-refractivity contribution in [3.8, 4) is 0 Å². The third-order valence-electron chi connectivity index (χ3n) is 1.98. The number of methoxy groups -OCH3 is 1. The molecule has 0 amide bonds. The Bertz CT molecular complexity index is 184. The van der Waals surface area contributed by atoms with Crippen LogP contribution in [0.3, 0.4) is 0 Å². The molecule has 0 N–H and O–H groups in total. The van der Waals surface area contributed by atoms with Gasteiger partial charge in [0.15, 0.2) is 0 Å². The third-order valence-corrected chi connectivity index (χ3v) is 1.98. The van der Waals surface area contributed by atoms with Gasteiger partial charge in [-0.2, -0.15) is 5.11 Å². The van der Waals surface area contributed by atoms with Crippen molar-refractivity contribution in [2.45, 2.75) is 39.6 Å². The number of ether oxygens (including phenoxy) is 5. The molecular formula is C11H23O6. The van der Waals surface area contributed by atoms with Crippen molar-refractivity contribution in [3.05, 3.63) is 0 Å². The van der Waals surface area contributed by atoms with Crippen molar-refractivity contribution in [1.82, 2.24) is 0 Å². The van der Waals surface area contributed by atoms with Gasteiger partial charge in [-0.15, -0.1) is 0 Å². The molecule has 0 aromatic heterocycles. The summed E-state index contributed by atoms with van der Waals surface area (Å²) in [5, 5.41) is 12.5. The molecule has 0 aliphatic rings. The Kier molecular flexibility index (Phi) is 7.85. The lowest BCUT2D eigenvalue weighted by atomic mass is 10.4. The summed E-state index contributed by atoms with van der Waals surface area (Å²) in [6.45, 7) is 7.61. The minimum atomic E-state index is -2.35. The van der Waals surface area contributed by atoms with E-state index in [-0.39, 0.29) is 26.4 Å². The zero-order valence-electron chi connectivity index (χ0n) is 11.3. The first-order valence-corrected chi connectivity index (χ1v) is 5.87. The normalized spacial score (nSPS) is 13.1. The molecule has 0 atom stereocenters. The molecule has 0 aromatic carbocycles. The monoisotopic (exact) mass is 251 g/mol. The maximum atomic E-state index is 12.5. The van der Waals surface area contributed by atoms with Crippen LogP contribution < -0.4 is 0 Å². The Hall–Kier alpha value is -0.240. The van der Waals surface area contributed by atoms with Crippen LogP contribution in [0.2, 0.25) is 0 Å². The molecule has 6 nitrogen and oxygen atoms in total. The van der Waals surface area contributed by atoms with Crippen molar-refractivity contribution in [1.29, 1.82) is 0 Å². The molecule has 0 aliphatic carbocycles. The zero-order valence-corrected chi connectivity index (χ0v) is 11.3. The van der Waals surface area contributed by atoms with Gasteiger partial charge in [-0.05, 0) is 27.7 Å². The highest BCUT2D eigenvalue weighted by molar-refractivity contribution is 4.70. The van der Waals surface area contributed by atoms with E-state index < -0.39 is 11.9 Å². The molecule has 0 rings (SSSR count). The Morgan fingerprint density at radius 2 is 1.12 bits per heavy atom. The van der Waals surface area contributed by atoms with Gasteiger partial charge < -0.3 is 23.7 Å². The maximum absolute atomic E-state index is 12.5. The molecule has 0 bridgehead atoms. The second-order valence-corrected chi connectivity index (χ2v) is 3.05. The average Bonchev–Trinajstić information content (AvgIpc) is 2.29. The number of hydrogen-bond acceptors (Lipinski definition) is 5. The van der Waals surface area contributed by atoms with Crippen molar-refractivity contribution in [3.63, 3.8) is 0 Å². The van der Waals surface area contributed by atoms with E-state index in [4.69, 9.17) is 23.7 Å². The van der Waals surface area contributed by atoms with Crippen LogP contribution in [0.25, 0.3) is 0 Å². The van der Waals surface area contributed by atoms with Gasteiger partial charge in [0.2, 0.25) is 0 Å². The van der Waals surface area contributed by atoms with Crippen LogP contribution in [0.5, 0.6) is 0 Å². The Morgan fingerprint density at radius 3 is 1.35 bits per heavy atom. The molecule has 103 valence electrons. The van der Waals surface area contributed by atoms with Crippen LogP contribution in [-0.2, 0) is 28.8 Å². The van der Waals surface area contributed by atoms with E-state index in [1.165, 1.54) is 7.11 Å². The van der Waals surface area contributed by atoms with E-state index in [2.05, 4.69) is 0 Å². The summed E-state index contributed by atoms with van der Waals surface area (Å²) in [6, 6.07) is 0. The smallest absolute Gasteiger partial charge is 0.324 e. The second-order valence-electron chi connectivity index (χ2n) is 3.05. The number of hydrogen-bond donors (Lipinski definition) is 0. The van der Waals surface area contributed by atoms with E-state index in [0.29, 0.717) is 0 Å². The van der Waals surface area contributed by atoms with Gasteiger partial charge in [-0.25, -0.2) is 0 Å². The molecule has 0 fully saturated rings. The van der Waals surface area contributed by atoms with Crippen molar-refractivity contribution >= 4 is 0 Å². The van der Waals surface area contributed by atoms with Crippen LogP contribution in [0.1, 0.15) is 27.7 Å². The predicted molar refractivity (Wildman–Crippen MR) is 59.7 cm³/mol. The SMILES string of the molecule is CCOC([O])(OCC)C(OC)(OCC)OCC. The Morgan fingerprint density at radius 1 is 0.765 bits per heavy atom. The molecule has 0 aliphatic heterocycles. The lowest BCUT2D eigenvalue weighted by molar-refractivity contribution is -0.562. The van der Waals surface area contributed by atoms with E-state index >= 15 is 0 Å². The average molecular weight is 251 g/mol. The van der Waals surface area contributed by atoms with Crippen molar-refractivity contribution in [2.75, 3.05) is 33.5 Å². The topological polar surface area (TPSA) is 66.1 Å². The van der Waals surface area contributed by atoms with Gasteiger partial charge in [-0.1, -0.05) is 0 Å². The van der Waals surface area contributed by atoms with Gasteiger partial charge in [0.05, 0.1) is 13.2 Å². The summed E-state index contributed by atoms with van der Waals surface area (Å²) in [4.78, 5) is 0. The first-order valence-electron chi connectivity index (χ1n) is 5.87. The molecule has 0 aromatic rings. The van der Waals surface area contributed by atoms with Gasteiger partial charge in [0.25, 0.3) is 0 Å². The molecule has 0 heterocycles. The summed E-state index contributed by atoms with van der Waals surface area (Å²) < 4.78 is 25.8. The largest absolute Gasteiger partial charge is 0.397 e. The van der Waals surface area contributed by atoms with Gasteiger partial charge >= 0.3 is 11.9 Å². The first kappa shape index (κ1) is 16.8. The maximum Gasteiger partial charge on any atom is 0.397 e. The van der Waals surface area contributed by atoms with Crippen molar-refractivity contribution in [2.24, 2.45) is 0 Å². The fraction of sp³-hybridized carbons (Fsp3) is 1.00. The van der Waals surface area contributed by atoms with Gasteiger partial charge in [-0.3, -0.25) is 0 Å². The third kappa shape index (κ3) is 3.87. The second kappa shape index (κ2) is 7.97. The summed E-state index contributed by atoms with van der Waals surface area (Å²) in [7, 11) is 1.32. The molecule has 0 saturated carbocycles. The molecule has 6 heteroatoms. The quantitative estimate of drug-likeness (QED) is 0.551. The minimum Gasteiger partial charge on any atom is -0.324 e. The van der Waals surface area contributed by atoms with Crippen molar-refractivity contribution < 1.29 is 28.8 Å². The van der Waals surface area contributed by atoms with Gasteiger partial charge in [0.1, 0.15) is 0 Å². The standard InChI is InChI=1S/C11H23O6/c1-6-14-10(12,15-7-2)11(13-5,16-8-3)17-9-4/h6-9H2,1-5H3.